The van der Waals surface area contributed by atoms with Crippen LogP contribution < -0.4 is 5.32 Å². The monoisotopic (exact) mass is 437 g/mol. The summed E-state index contributed by atoms with van der Waals surface area (Å²) in [4.78, 5) is 27.2. The van der Waals surface area contributed by atoms with E-state index in [1.165, 1.54) is 22.5 Å². The molecule has 30 heavy (non-hydrogen) atoms. The molecule has 1 unspecified atom stereocenters. The molecule has 0 bridgehead atoms. The third kappa shape index (κ3) is 4.78. The van der Waals surface area contributed by atoms with Crippen LogP contribution in [0, 0.1) is 11.3 Å². The van der Waals surface area contributed by atoms with Crippen molar-refractivity contribution in [2.45, 2.75) is 51.3 Å². The Hall–Kier alpha value is -2.13. The van der Waals surface area contributed by atoms with Crippen LogP contribution >= 0.6 is 0 Å². The van der Waals surface area contributed by atoms with Gasteiger partial charge in [-0.2, -0.15) is 4.31 Å². The number of benzene rings is 1. The molecule has 2 amide bonds. The van der Waals surface area contributed by atoms with E-state index in [1.807, 2.05) is 20.8 Å². The van der Waals surface area contributed by atoms with Gasteiger partial charge in [-0.15, -0.1) is 0 Å². The maximum Gasteiger partial charge on any atom is 0.243 e. The number of hydrogen-bond acceptors (Lipinski definition) is 5. The normalized spacial score (nSPS) is 20.9. The predicted octanol–water partition coefficient (Wildman–Crippen LogP) is 2.40. The number of likely N-dealkylation sites (tertiary alicyclic amines) is 1. The number of amides is 2. The molecule has 0 saturated carbocycles. The maximum absolute atomic E-state index is 12.8. The first-order chi connectivity index (χ1) is 14.0. The van der Waals surface area contributed by atoms with Gasteiger partial charge in [-0.3, -0.25) is 9.59 Å². The summed E-state index contributed by atoms with van der Waals surface area (Å²) in [7, 11) is -3.66. The summed E-state index contributed by atoms with van der Waals surface area (Å²) in [5.41, 5.74) is -0.450. The highest BCUT2D eigenvalue weighted by Crippen LogP contribution is 2.31. The van der Waals surface area contributed by atoms with Gasteiger partial charge in [-0.1, -0.05) is 20.8 Å². The molecule has 0 spiro atoms. The van der Waals surface area contributed by atoms with Crippen LogP contribution in [0.5, 0.6) is 5.75 Å². The first-order valence-corrected chi connectivity index (χ1v) is 11.9. The second-order valence-corrected chi connectivity index (χ2v) is 11.1. The van der Waals surface area contributed by atoms with Gasteiger partial charge in [0.2, 0.25) is 21.8 Å². The lowest BCUT2D eigenvalue weighted by atomic mass is 9.91. The standard InChI is InChI=1S/C21H31N3O5S/c1-21(2,3)20(27)23-10-6-7-15(14-23)19(26)22-17-13-16(8-9-18(17)25)30(28,29)24-11-4-5-12-24/h8-9,13,15,25H,4-7,10-12,14H2,1-3H3,(H,22,26). The number of sulfonamides is 1. The second kappa shape index (κ2) is 8.55. The minimum Gasteiger partial charge on any atom is -0.506 e. The SMILES string of the molecule is CC(C)(C)C(=O)N1CCCC(C(=O)Nc2cc(S(=O)(=O)N3CCCC3)ccc2O)C1. The molecule has 1 aromatic carbocycles. The average Bonchev–Trinajstić information content (AvgIpc) is 3.24. The summed E-state index contributed by atoms with van der Waals surface area (Å²) < 4.78 is 27.0. The Morgan fingerprint density at radius 3 is 2.40 bits per heavy atom. The zero-order valence-corrected chi connectivity index (χ0v) is 18.7. The van der Waals surface area contributed by atoms with E-state index in [9.17, 15) is 23.1 Å². The van der Waals surface area contributed by atoms with Gasteiger partial charge >= 0.3 is 0 Å². The number of carbonyl (C=O) groups is 2. The van der Waals surface area contributed by atoms with Crippen LogP contribution in [0.3, 0.4) is 0 Å². The van der Waals surface area contributed by atoms with Crippen LogP contribution in [0.1, 0.15) is 46.5 Å². The summed E-state index contributed by atoms with van der Waals surface area (Å²) in [6, 6.07) is 3.94. The zero-order chi connectivity index (χ0) is 22.1. The van der Waals surface area contributed by atoms with Crippen molar-refractivity contribution in [2.75, 3.05) is 31.5 Å². The number of piperidine rings is 1. The summed E-state index contributed by atoms with van der Waals surface area (Å²) in [5, 5.41) is 12.8. The van der Waals surface area contributed by atoms with Crippen LogP contribution in [0.4, 0.5) is 5.69 Å². The Morgan fingerprint density at radius 2 is 1.77 bits per heavy atom. The molecular formula is C21H31N3O5S. The third-order valence-electron chi connectivity index (χ3n) is 5.65. The summed E-state index contributed by atoms with van der Waals surface area (Å²) in [6.07, 6.45) is 3.00. The van der Waals surface area contributed by atoms with Crippen molar-refractivity contribution in [3.05, 3.63) is 18.2 Å². The lowest BCUT2D eigenvalue weighted by Crippen LogP contribution is -2.47. The quantitative estimate of drug-likeness (QED) is 0.704. The Bertz CT molecular complexity index is 917. The number of nitrogens with zero attached hydrogens (tertiary/aromatic N) is 2. The van der Waals surface area contributed by atoms with E-state index in [2.05, 4.69) is 5.32 Å². The highest BCUT2D eigenvalue weighted by molar-refractivity contribution is 7.89. The summed E-state index contributed by atoms with van der Waals surface area (Å²) in [6.45, 7) is 7.44. The van der Waals surface area contributed by atoms with E-state index in [1.54, 1.807) is 4.90 Å². The molecule has 8 nitrogen and oxygen atoms in total. The highest BCUT2D eigenvalue weighted by Gasteiger charge is 2.34. The van der Waals surface area contributed by atoms with Crippen molar-refractivity contribution in [3.8, 4) is 5.75 Å². The van der Waals surface area contributed by atoms with Crippen LogP contribution in [-0.2, 0) is 19.6 Å². The van der Waals surface area contributed by atoms with Crippen LogP contribution in [0.2, 0.25) is 0 Å². The van der Waals surface area contributed by atoms with Gasteiger partial charge in [-0.05, 0) is 43.9 Å². The number of phenolic OH excluding ortho intramolecular Hbond substituents is 1. The molecule has 2 fully saturated rings. The molecule has 9 heteroatoms. The molecule has 2 saturated heterocycles. The molecule has 2 N–H and O–H groups in total. The topological polar surface area (TPSA) is 107 Å². The van der Waals surface area contributed by atoms with Gasteiger partial charge < -0.3 is 15.3 Å². The van der Waals surface area contributed by atoms with Crippen LogP contribution in [-0.4, -0.2) is 60.7 Å². The van der Waals surface area contributed by atoms with E-state index in [4.69, 9.17) is 0 Å². The Balaban J connectivity index is 1.74. The van der Waals surface area contributed by atoms with Crippen molar-refractivity contribution in [2.24, 2.45) is 11.3 Å². The number of phenols is 1. The van der Waals surface area contributed by atoms with E-state index in [0.29, 0.717) is 32.6 Å². The van der Waals surface area contributed by atoms with E-state index >= 15 is 0 Å². The molecule has 0 radical (unpaired) electrons. The minimum absolute atomic E-state index is 0.00144. The number of carbonyl (C=O) groups excluding carboxylic acids is 2. The van der Waals surface area contributed by atoms with E-state index in [0.717, 1.165) is 19.3 Å². The van der Waals surface area contributed by atoms with Crippen LogP contribution in [0.15, 0.2) is 23.1 Å². The van der Waals surface area contributed by atoms with Crippen molar-refractivity contribution < 1.29 is 23.1 Å². The van der Waals surface area contributed by atoms with Gasteiger partial charge in [-0.25, -0.2) is 8.42 Å². The fraction of sp³-hybridized carbons (Fsp3) is 0.619. The number of anilines is 1. The lowest BCUT2D eigenvalue weighted by molar-refractivity contribution is -0.142. The predicted molar refractivity (Wildman–Crippen MR) is 113 cm³/mol. The van der Waals surface area contributed by atoms with Gasteiger partial charge in [0.05, 0.1) is 16.5 Å². The number of aromatic hydroxyl groups is 1. The molecule has 1 aromatic rings. The molecule has 2 heterocycles. The number of hydrogen-bond donors (Lipinski definition) is 2. The third-order valence-corrected chi connectivity index (χ3v) is 7.54. The molecule has 0 aliphatic carbocycles. The lowest BCUT2D eigenvalue weighted by Gasteiger charge is -2.35. The molecule has 3 rings (SSSR count). The molecule has 2 aliphatic rings. The van der Waals surface area contributed by atoms with E-state index < -0.39 is 21.4 Å². The van der Waals surface area contributed by atoms with Gasteiger partial charge in [0.15, 0.2) is 0 Å². The minimum atomic E-state index is -3.66. The van der Waals surface area contributed by atoms with Gasteiger partial charge in [0.25, 0.3) is 0 Å². The fourth-order valence-corrected chi connectivity index (χ4v) is 5.48. The van der Waals surface area contributed by atoms with Crippen molar-refractivity contribution >= 4 is 27.5 Å². The molecule has 0 aromatic heterocycles. The molecule has 1 atom stereocenters. The first-order valence-electron chi connectivity index (χ1n) is 10.4. The number of nitrogens with one attached hydrogen (secondary N) is 1. The Kier molecular flexibility index (Phi) is 6.43. The highest BCUT2D eigenvalue weighted by atomic mass is 32.2. The molecular weight excluding hydrogens is 406 g/mol. The Labute approximate surface area is 178 Å². The fourth-order valence-electron chi connectivity index (χ4n) is 3.94. The summed E-state index contributed by atoms with van der Waals surface area (Å²) in [5.74, 6) is -0.931. The van der Waals surface area contributed by atoms with Crippen LogP contribution in [0.25, 0.3) is 0 Å². The second-order valence-electron chi connectivity index (χ2n) is 9.12. The van der Waals surface area contributed by atoms with Gasteiger partial charge in [0.1, 0.15) is 5.75 Å². The average molecular weight is 438 g/mol. The van der Waals surface area contributed by atoms with E-state index in [-0.39, 0.29) is 28.1 Å². The van der Waals surface area contributed by atoms with Crippen molar-refractivity contribution in [1.82, 2.24) is 9.21 Å². The smallest absolute Gasteiger partial charge is 0.243 e. The van der Waals surface area contributed by atoms with Crippen molar-refractivity contribution in [3.63, 3.8) is 0 Å². The number of rotatable bonds is 4. The molecule has 2 aliphatic heterocycles. The summed E-state index contributed by atoms with van der Waals surface area (Å²) >= 11 is 0. The zero-order valence-electron chi connectivity index (χ0n) is 17.8. The molecule has 166 valence electrons. The maximum atomic E-state index is 12.8. The van der Waals surface area contributed by atoms with Crippen molar-refractivity contribution in [1.29, 1.82) is 0 Å². The largest absolute Gasteiger partial charge is 0.506 e. The Morgan fingerprint density at radius 1 is 1.10 bits per heavy atom. The van der Waals surface area contributed by atoms with Gasteiger partial charge in [0, 0.05) is 31.6 Å². The first kappa shape index (κ1) is 22.6.